The Morgan fingerprint density at radius 1 is 1.70 bits per heavy atom. The summed E-state index contributed by atoms with van der Waals surface area (Å²) in [6.07, 6.45) is 2.74. The maximum atomic E-state index is 11.3. The molecule has 3 nitrogen and oxygen atoms in total. The first-order valence-corrected chi connectivity index (χ1v) is 6.60. The van der Waals surface area contributed by atoms with Crippen molar-refractivity contribution in [2.75, 3.05) is 19.9 Å². The molecule has 1 atom stereocenters. The summed E-state index contributed by atoms with van der Waals surface area (Å²) < 4.78 is 16.1. The fourth-order valence-electron chi connectivity index (χ4n) is 0.452. The van der Waals surface area contributed by atoms with Gasteiger partial charge in [-0.1, -0.05) is 18.3 Å². The third-order valence-electron chi connectivity index (χ3n) is 1.04. The predicted molar refractivity (Wildman–Crippen MR) is 46.4 cm³/mol. The van der Waals surface area contributed by atoms with Gasteiger partial charge in [0.25, 0.3) is 0 Å². The fourth-order valence-corrected chi connectivity index (χ4v) is 2.47. The van der Waals surface area contributed by atoms with Crippen molar-refractivity contribution in [1.82, 2.24) is 5.09 Å². The third-order valence-corrected chi connectivity index (χ3v) is 4.89. The van der Waals surface area contributed by atoms with Crippen LogP contribution in [0.4, 0.5) is 0 Å². The molecule has 0 aliphatic rings. The first kappa shape index (κ1) is 10.5. The topological polar surface area (TPSA) is 38.3 Å². The van der Waals surface area contributed by atoms with Crippen LogP contribution in [-0.2, 0) is 9.09 Å². The van der Waals surface area contributed by atoms with E-state index in [0.29, 0.717) is 0 Å². The Balaban J connectivity index is 3.70. The normalized spacial score (nSPS) is 16.7. The number of nitrogens with one attached hydrogen (secondary N) is 1. The zero-order valence-electron chi connectivity index (χ0n) is 6.59. The molecule has 0 radical (unpaired) electrons. The Morgan fingerprint density at radius 3 is 2.60 bits per heavy atom. The molecule has 0 fully saturated rings. The van der Waals surface area contributed by atoms with E-state index in [-0.39, 0.29) is 0 Å². The van der Waals surface area contributed by atoms with E-state index in [9.17, 15) is 4.57 Å². The minimum Gasteiger partial charge on any atom is -0.313 e. The summed E-state index contributed by atoms with van der Waals surface area (Å²) in [7, 11) is 1.46. The van der Waals surface area contributed by atoms with Crippen molar-refractivity contribution in [1.29, 1.82) is 0 Å². The van der Waals surface area contributed by atoms with Crippen LogP contribution in [0.3, 0.4) is 0 Å². The summed E-state index contributed by atoms with van der Waals surface area (Å²) in [4.78, 5) is 0. The van der Waals surface area contributed by atoms with Gasteiger partial charge in [0.15, 0.2) is 0 Å². The van der Waals surface area contributed by atoms with Crippen molar-refractivity contribution >= 4 is 18.1 Å². The highest BCUT2D eigenvalue weighted by Gasteiger charge is 2.17. The molecule has 0 amide bonds. The quantitative estimate of drug-likeness (QED) is 0.662. The number of hydrogen-bond acceptors (Lipinski definition) is 3. The average molecular weight is 183 g/mol. The molecule has 62 valence electrons. The van der Waals surface area contributed by atoms with Gasteiger partial charge < -0.3 is 4.52 Å². The van der Waals surface area contributed by atoms with Gasteiger partial charge in [0, 0.05) is 13.7 Å². The molecule has 1 N–H and O–H groups in total. The highest BCUT2D eigenvalue weighted by Crippen LogP contribution is 2.53. The van der Waals surface area contributed by atoms with E-state index in [2.05, 4.69) is 5.09 Å². The molecule has 0 aromatic carbocycles. The maximum Gasteiger partial charge on any atom is 0.325 e. The summed E-state index contributed by atoms with van der Waals surface area (Å²) >= 11 is 1.23. The molecular weight excluding hydrogens is 169 g/mol. The second-order valence-electron chi connectivity index (χ2n) is 1.77. The SMILES string of the molecule is CCCNP(=O)(OC)SC. The monoisotopic (exact) mass is 183 g/mol. The van der Waals surface area contributed by atoms with E-state index in [1.807, 2.05) is 6.92 Å². The number of hydrogen-bond donors (Lipinski definition) is 1. The summed E-state index contributed by atoms with van der Waals surface area (Å²) in [5.41, 5.74) is 0. The molecule has 1 unspecified atom stereocenters. The van der Waals surface area contributed by atoms with Crippen molar-refractivity contribution < 1.29 is 9.09 Å². The lowest BCUT2D eigenvalue weighted by Crippen LogP contribution is -2.09. The lowest BCUT2D eigenvalue weighted by molar-refractivity contribution is 0.399. The molecule has 0 saturated carbocycles. The van der Waals surface area contributed by atoms with Crippen LogP contribution in [0.2, 0.25) is 0 Å². The molecule has 0 heterocycles. The van der Waals surface area contributed by atoms with Crippen LogP contribution in [0.15, 0.2) is 0 Å². The van der Waals surface area contributed by atoms with Gasteiger partial charge >= 0.3 is 6.72 Å². The zero-order valence-corrected chi connectivity index (χ0v) is 8.30. The molecule has 10 heavy (non-hydrogen) atoms. The van der Waals surface area contributed by atoms with Crippen LogP contribution in [0.25, 0.3) is 0 Å². The molecule has 0 aliphatic carbocycles. The Labute approximate surface area is 66.2 Å². The Hall–Kier alpha value is 0.500. The van der Waals surface area contributed by atoms with E-state index in [1.165, 1.54) is 18.5 Å². The molecule has 5 heteroatoms. The van der Waals surface area contributed by atoms with Gasteiger partial charge in [-0.2, -0.15) is 0 Å². The minimum absolute atomic E-state index is 0.742. The van der Waals surface area contributed by atoms with Gasteiger partial charge in [-0.05, 0) is 12.7 Å². The van der Waals surface area contributed by atoms with Crippen LogP contribution >= 0.6 is 18.1 Å². The van der Waals surface area contributed by atoms with Crippen LogP contribution in [-0.4, -0.2) is 19.9 Å². The molecule has 0 aliphatic heterocycles. The Morgan fingerprint density at radius 2 is 2.30 bits per heavy atom. The molecule has 0 saturated heterocycles. The van der Waals surface area contributed by atoms with Crippen LogP contribution in [0.1, 0.15) is 13.3 Å². The third kappa shape index (κ3) is 3.62. The van der Waals surface area contributed by atoms with Crippen molar-refractivity contribution in [3.63, 3.8) is 0 Å². The van der Waals surface area contributed by atoms with E-state index in [1.54, 1.807) is 6.26 Å². The van der Waals surface area contributed by atoms with Crippen LogP contribution in [0.5, 0.6) is 0 Å². The highest BCUT2D eigenvalue weighted by atomic mass is 32.7. The first-order chi connectivity index (χ1) is 4.68. The predicted octanol–water partition coefficient (Wildman–Crippen LogP) is 2.10. The summed E-state index contributed by atoms with van der Waals surface area (Å²) in [6, 6.07) is 0. The second kappa shape index (κ2) is 5.19. The summed E-state index contributed by atoms with van der Waals surface area (Å²) in [5, 5.41) is 2.84. The van der Waals surface area contributed by atoms with Crippen LogP contribution in [0, 0.1) is 0 Å². The van der Waals surface area contributed by atoms with Gasteiger partial charge in [-0.15, -0.1) is 0 Å². The smallest absolute Gasteiger partial charge is 0.313 e. The molecule has 0 aromatic rings. The van der Waals surface area contributed by atoms with E-state index in [0.717, 1.165) is 13.0 Å². The van der Waals surface area contributed by atoms with Crippen molar-refractivity contribution in [3.8, 4) is 0 Å². The van der Waals surface area contributed by atoms with Crippen LogP contribution < -0.4 is 5.09 Å². The van der Waals surface area contributed by atoms with E-state index >= 15 is 0 Å². The van der Waals surface area contributed by atoms with E-state index < -0.39 is 6.72 Å². The van der Waals surface area contributed by atoms with E-state index in [4.69, 9.17) is 4.52 Å². The lowest BCUT2D eigenvalue weighted by atomic mass is 10.5. The molecule has 0 spiro atoms. The van der Waals surface area contributed by atoms with Gasteiger partial charge in [0.1, 0.15) is 0 Å². The standard InChI is InChI=1S/C5H14NO2PS/c1-4-5-6-9(7,8-2)10-3/h4-5H2,1-3H3,(H,6,7). The summed E-state index contributed by atoms with van der Waals surface area (Å²) in [5.74, 6) is 0. The molecular formula is C5H14NO2PS. The largest absolute Gasteiger partial charge is 0.325 e. The van der Waals surface area contributed by atoms with Crippen molar-refractivity contribution in [2.24, 2.45) is 0 Å². The van der Waals surface area contributed by atoms with Gasteiger partial charge in [0.2, 0.25) is 0 Å². The zero-order chi connectivity index (χ0) is 8.04. The Kier molecular flexibility index (Phi) is 5.45. The maximum absolute atomic E-state index is 11.3. The van der Waals surface area contributed by atoms with Gasteiger partial charge in [0.05, 0.1) is 0 Å². The minimum atomic E-state index is -2.53. The molecule has 0 aromatic heterocycles. The lowest BCUT2D eigenvalue weighted by Gasteiger charge is -2.12. The Bertz CT molecular complexity index is 123. The van der Waals surface area contributed by atoms with Gasteiger partial charge in [-0.3, -0.25) is 4.57 Å². The second-order valence-corrected chi connectivity index (χ2v) is 6.35. The fraction of sp³-hybridized carbons (Fsp3) is 1.00. The average Bonchev–Trinajstić information content (AvgIpc) is 2.00. The highest BCUT2D eigenvalue weighted by molar-refractivity contribution is 8.55. The molecule has 0 bridgehead atoms. The van der Waals surface area contributed by atoms with Crippen molar-refractivity contribution in [3.05, 3.63) is 0 Å². The summed E-state index contributed by atoms with van der Waals surface area (Å²) in [6.45, 7) is 0.232. The number of rotatable bonds is 5. The first-order valence-electron chi connectivity index (χ1n) is 3.15. The van der Waals surface area contributed by atoms with Crippen molar-refractivity contribution in [2.45, 2.75) is 13.3 Å². The molecule has 0 rings (SSSR count). The van der Waals surface area contributed by atoms with Gasteiger partial charge in [-0.25, -0.2) is 5.09 Å².